The summed E-state index contributed by atoms with van der Waals surface area (Å²) in [6, 6.07) is 4.32. The number of nitrogens with one attached hydrogen (secondary N) is 1. The number of hydrogen-bond acceptors (Lipinski definition) is 5. The highest BCUT2D eigenvalue weighted by molar-refractivity contribution is 7.89. The molecule has 0 aromatic heterocycles. The minimum Gasteiger partial charge on any atom is -0.480 e. The lowest BCUT2D eigenvalue weighted by Crippen LogP contribution is -2.40. The van der Waals surface area contributed by atoms with Crippen LogP contribution in [0.3, 0.4) is 0 Å². The van der Waals surface area contributed by atoms with E-state index < -0.39 is 27.9 Å². The molecule has 144 valence electrons. The molecule has 26 heavy (non-hydrogen) atoms. The maximum atomic E-state index is 12.7. The molecule has 1 heterocycles. The molecule has 2 rings (SSSR count). The van der Waals surface area contributed by atoms with Gasteiger partial charge in [-0.05, 0) is 37.6 Å². The topological polar surface area (TPSA) is 113 Å². The highest BCUT2D eigenvalue weighted by Crippen LogP contribution is 2.23. The number of amides is 1. The highest BCUT2D eigenvalue weighted by Gasteiger charge is 2.40. The molecule has 8 nitrogen and oxygen atoms in total. The van der Waals surface area contributed by atoms with E-state index in [2.05, 4.69) is 4.72 Å². The molecule has 0 radical (unpaired) electrons. The molecular formula is C17H24N2O6S. The molecule has 3 atom stereocenters. The molecule has 0 bridgehead atoms. The van der Waals surface area contributed by atoms with Crippen molar-refractivity contribution < 1.29 is 27.9 Å². The fourth-order valence-corrected chi connectivity index (χ4v) is 4.11. The van der Waals surface area contributed by atoms with Crippen molar-refractivity contribution in [2.45, 2.75) is 49.8 Å². The number of carbonyl (C=O) groups excluding carboxylic acids is 1. The first kappa shape index (κ1) is 20.3. The third-order valence-electron chi connectivity index (χ3n) is 4.52. The number of ether oxygens (including phenoxy) is 1. The molecule has 2 N–H and O–H groups in total. The number of aliphatic carboxylic acids is 1. The molecule has 3 unspecified atom stereocenters. The van der Waals surface area contributed by atoms with Crippen LogP contribution < -0.4 is 4.72 Å². The van der Waals surface area contributed by atoms with E-state index in [0.29, 0.717) is 6.42 Å². The maximum absolute atomic E-state index is 12.7. The van der Waals surface area contributed by atoms with E-state index >= 15 is 0 Å². The van der Waals surface area contributed by atoms with Crippen LogP contribution in [-0.4, -0.2) is 62.1 Å². The molecule has 1 aliphatic rings. The molecule has 1 aromatic rings. The summed E-state index contributed by atoms with van der Waals surface area (Å²) in [6.45, 7) is 3.82. The van der Waals surface area contributed by atoms with Gasteiger partial charge in [-0.1, -0.05) is 6.92 Å². The van der Waals surface area contributed by atoms with E-state index in [1.54, 1.807) is 6.92 Å². The van der Waals surface area contributed by atoms with Crippen molar-refractivity contribution in [2.75, 3.05) is 13.7 Å². The smallest absolute Gasteiger partial charge is 0.326 e. The monoisotopic (exact) mass is 384 g/mol. The van der Waals surface area contributed by atoms with Gasteiger partial charge in [0.1, 0.15) is 6.04 Å². The van der Waals surface area contributed by atoms with Gasteiger partial charge in [-0.3, -0.25) is 4.79 Å². The Morgan fingerprint density at radius 2 is 1.96 bits per heavy atom. The molecule has 0 saturated carbocycles. The standard InChI is InChI=1S/C17H24N2O6S/c1-4-11(2)18-26(23,24)14-7-5-12(6-8-14)16(20)19-10-13(25-3)9-15(19)17(21)22/h5-8,11,13,15,18H,4,9-10H2,1-3H3,(H,21,22). The largest absolute Gasteiger partial charge is 0.480 e. The molecule has 0 spiro atoms. The van der Waals surface area contributed by atoms with Crippen LogP contribution in [0.15, 0.2) is 29.2 Å². The lowest BCUT2D eigenvalue weighted by Gasteiger charge is -2.21. The molecule has 1 saturated heterocycles. The molecule has 1 aliphatic heterocycles. The number of methoxy groups -OCH3 is 1. The Morgan fingerprint density at radius 1 is 1.35 bits per heavy atom. The first-order valence-electron chi connectivity index (χ1n) is 8.38. The summed E-state index contributed by atoms with van der Waals surface area (Å²) in [5.41, 5.74) is 0.232. The fourth-order valence-electron chi connectivity index (χ4n) is 2.79. The minimum atomic E-state index is -3.66. The molecular weight excluding hydrogens is 360 g/mol. The van der Waals surface area contributed by atoms with Gasteiger partial charge >= 0.3 is 5.97 Å². The molecule has 0 aliphatic carbocycles. The number of sulfonamides is 1. The second-order valence-corrected chi connectivity index (χ2v) is 8.07. The van der Waals surface area contributed by atoms with Crippen molar-refractivity contribution in [3.05, 3.63) is 29.8 Å². The maximum Gasteiger partial charge on any atom is 0.326 e. The average Bonchev–Trinajstić information content (AvgIpc) is 3.05. The van der Waals surface area contributed by atoms with Gasteiger partial charge in [-0.25, -0.2) is 17.9 Å². The van der Waals surface area contributed by atoms with Gasteiger partial charge in [-0.15, -0.1) is 0 Å². The van der Waals surface area contributed by atoms with Crippen LogP contribution in [0.2, 0.25) is 0 Å². The lowest BCUT2D eigenvalue weighted by atomic mass is 10.1. The van der Waals surface area contributed by atoms with Crippen molar-refractivity contribution in [1.82, 2.24) is 9.62 Å². The highest BCUT2D eigenvalue weighted by atomic mass is 32.2. The summed E-state index contributed by atoms with van der Waals surface area (Å²) in [5, 5.41) is 9.31. The number of carboxylic acid groups (broad SMARTS) is 1. The third kappa shape index (κ3) is 4.40. The first-order chi connectivity index (χ1) is 12.2. The second-order valence-electron chi connectivity index (χ2n) is 6.36. The van der Waals surface area contributed by atoms with E-state index in [-0.39, 0.29) is 35.6 Å². The van der Waals surface area contributed by atoms with Gasteiger partial charge in [0.05, 0.1) is 11.0 Å². The number of rotatable bonds is 7. The Hall–Kier alpha value is -1.97. The van der Waals surface area contributed by atoms with Crippen LogP contribution in [0.5, 0.6) is 0 Å². The van der Waals surface area contributed by atoms with Crippen molar-refractivity contribution in [3.63, 3.8) is 0 Å². The van der Waals surface area contributed by atoms with E-state index in [9.17, 15) is 23.1 Å². The number of benzene rings is 1. The second kappa shape index (κ2) is 8.15. The summed E-state index contributed by atoms with van der Waals surface area (Å²) in [5.74, 6) is -1.55. The Balaban J connectivity index is 2.19. The molecule has 1 aromatic carbocycles. The zero-order valence-electron chi connectivity index (χ0n) is 15.0. The van der Waals surface area contributed by atoms with Gasteiger partial charge in [0, 0.05) is 31.7 Å². The van der Waals surface area contributed by atoms with Crippen molar-refractivity contribution in [1.29, 1.82) is 0 Å². The van der Waals surface area contributed by atoms with E-state index in [4.69, 9.17) is 4.74 Å². The molecule has 9 heteroatoms. The summed E-state index contributed by atoms with van der Waals surface area (Å²) >= 11 is 0. The van der Waals surface area contributed by atoms with Crippen LogP contribution >= 0.6 is 0 Å². The zero-order valence-corrected chi connectivity index (χ0v) is 15.8. The summed E-state index contributed by atoms with van der Waals surface area (Å²) in [6.07, 6.45) is 0.546. The van der Waals surface area contributed by atoms with E-state index in [0.717, 1.165) is 0 Å². The Morgan fingerprint density at radius 3 is 2.46 bits per heavy atom. The average molecular weight is 384 g/mol. The summed E-state index contributed by atoms with van der Waals surface area (Å²) in [4.78, 5) is 25.3. The zero-order chi connectivity index (χ0) is 19.5. The normalized spacial score (nSPS) is 21.6. The van der Waals surface area contributed by atoms with Crippen LogP contribution in [-0.2, 0) is 19.6 Å². The Labute approximate surface area is 153 Å². The van der Waals surface area contributed by atoms with Crippen LogP contribution in [0, 0.1) is 0 Å². The fraction of sp³-hybridized carbons (Fsp3) is 0.529. The first-order valence-corrected chi connectivity index (χ1v) is 9.86. The van der Waals surface area contributed by atoms with Gasteiger partial charge in [0.2, 0.25) is 10.0 Å². The van der Waals surface area contributed by atoms with Crippen molar-refractivity contribution >= 4 is 21.9 Å². The van der Waals surface area contributed by atoms with Gasteiger partial charge < -0.3 is 14.7 Å². The number of hydrogen-bond donors (Lipinski definition) is 2. The number of carbonyl (C=O) groups is 2. The molecule has 1 fully saturated rings. The third-order valence-corrected chi connectivity index (χ3v) is 6.13. The van der Waals surface area contributed by atoms with Crippen LogP contribution in [0.1, 0.15) is 37.0 Å². The predicted molar refractivity (Wildman–Crippen MR) is 94.4 cm³/mol. The van der Waals surface area contributed by atoms with Gasteiger partial charge in [0.15, 0.2) is 0 Å². The lowest BCUT2D eigenvalue weighted by molar-refractivity contribution is -0.141. The molecule has 1 amide bonds. The Kier molecular flexibility index (Phi) is 6.38. The predicted octanol–water partition coefficient (Wildman–Crippen LogP) is 1.08. The van der Waals surface area contributed by atoms with Crippen molar-refractivity contribution in [2.24, 2.45) is 0 Å². The van der Waals surface area contributed by atoms with Crippen LogP contribution in [0.4, 0.5) is 0 Å². The number of likely N-dealkylation sites (tertiary alicyclic amines) is 1. The number of carboxylic acids is 1. The minimum absolute atomic E-state index is 0.0559. The number of nitrogens with zero attached hydrogens (tertiary/aromatic N) is 1. The SMILES string of the molecule is CCC(C)NS(=O)(=O)c1ccc(C(=O)N2CC(OC)CC2C(=O)O)cc1. The van der Waals surface area contributed by atoms with Gasteiger partial charge in [-0.2, -0.15) is 0 Å². The van der Waals surface area contributed by atoms with Crippen LogP contribution in [0.25, 0.3) is 0 Å². The summed E-state index contributed by atoms with van der Waals surface area (Å²) < 4.78 is 32.2. The summed E-state index contributed by atoms with van der Waals surface area (Å²) in [7, 11) is -2.19. The van der Waals surface area contributed by atoms with Gasteiger partial charge in [0.25, 0.3) is 5.91 Å². The van der Waals surface area contributed by atoms with E-state index in [1.807, 2.05) is 6.92 Å². The van der Waals surface area contributed by atoms with E-state index in [1.165, 1.54) is 36.3 Å². The van der Waals surface area contributed by atoms with Crippen molar-refractivity contribution in [3.8, 4) is 0 Å². The Bertz CT molecular complexity index is 762. The quantitative estimate of drug-likeness (QED) is 0.727.